The van der Waals surface area contributed by atoms with Crippen LogP contribution < -0.4 is 21.1 Å². The number of nitrogens with two attached hydrogens (primary N) is 1. The maximum Gasteiger partial charge on any atom is 0.312 e. The summed E-state index contributed by atoms with van der Waals surface area (Å²) in [7, 11) is 1.52. The second-order valence-corrected chi connectivity index (χ2v) is 5.32. The molecule has 0 aliphatic rings. The Labute approximate surface area is 140 Å². The predicted octanol–water partition coefficient (Wildman–Crippen LogP) is 2.14. The van der Waals surface area contributed by atoms with Crippen molar-refractivity contribution >= 4 is 17.6 Å². The van der Waals surface area contributed by atoms with Gasteiger partial charge >= 0.3 is 6.03 Å². The number of benzene rings is 1. The zero-order chi connectivity index (χ0) is 17.5. The number of hydrogen-bond donors (Lipinski definition) is 3. The maximum atomic E-state index is 12.3. The Morgan fingerprint density at radius 3 is 2.67 bits per heavy atom. The second-order valence-electron chi connectivity index (χ2n) is 5.32. The summed E-state index contributed by atoms with van der Waals surface area (Å²) in [5.74, 6) is 0.197. The molecule has 1 aromatic heterocycles. The van der Waals surface area contributed by atoms with E-state index >= 15 is 0 Å². The molecule has 7 nitrogen and oxygen atoms in total. The van der Waals surface area contributed by atoms with E-state index in [9.17, 15) is 9.59 Å². The number of anilines is 1. The minimum Gasteiger partial charge on any atom is -0.481 e. The predicted molar refractivity (Wildman–Crippen MR) is 90.7 cm³/mol. The summed E-state index contributed by atoms with van der Waals surface area (Å²) in [4.78, 5) is 27.5. The SMILES string of the molecule is COc1ccc(NC(=O)C[C@@H](NC(N)=O)c2cccc(C)c2)cn1. The van der Waals surface area contributed by atoms with Crippen LogP contribution in [-0.4, -0.2) is 24.0 Å². The van der Waals surface area contributed by atoms with Gasteiger partial charge in [0.05, 0.1) is 31.5 Å². The van der Waals surface area contributed by atoms with Crippen LogP contribution >= 0.6 is 0 Å². The van der Waals surface area contributed by atoms with Gasteiger partial charge in [-0.25, -0.2) is 9.78 Å². The van der Waals surface area contributed by atoms with Crippen molar-refractivity contribution < 1.29 is 14.3 Å². The second kappa shape index (κ2) is 7.96. The molecule has 0 fully saturated rings. The molecule has 7 heteroatoms. The summed E-state index contributed by atoms with van der Waals surface area (Å²) in [6, 6.07) is 9.70. The number of ether oxygens (including phenoxy) is 1. The third kappa shape index (κ3) is 4.98. The van der Waals surface area contributed by atoms with Crippen LogP contribution in [0.25, 0.3) is 0 Å². The van der Waals surface area contributed by atoms with Crippen LogP contribution in [0.2, 0.25) is 0 Å². The Morgan fingerprint density at radius 2 is 2.08 bits per heavy atom. The van der Waals surface area contributed by atoms with Crippen molar-refractivity contribution in [1.29, 1.82) is 0 Å². The van der Waals surface area contributed by atoms with Crippen molar-refractivity contribution in [3.8, 4) is 5.88 Å². The largest absolute Gasteiger partial charge is 0.481 e. The number of urea groups is 1. The average Bonchev–Trinajstić information content (AvgIpc) is 2.54. The smallest absolute Gasteiger partial charge is 0.312 e. The van der Waals surface area contributed by atoms with Crippen LogP contribution in [0, 0.1) is 6.92 Å². The molecule has 126 valence electrons. The van der Waals surface area contributed by atoms with Gasteiger partial charge in [0.25, 0.3) is 0 Å². The molecule has 4 N–H and O–H groups in total. The molecule has 0 unspecified atom stereocenters. The zero-order valence-corrected chi connectivity index (χ0v) is 13.6. The minimum atomic E-state index is -0.680. The molecule has 0 aliphatic carbocycles. The Hall–Kier alpha value is -3.09. The first kappa shape index (κ1) is 17.3. The first-order chi connectivity index (χ1) is 11.5. The van der Waals surface area contributed by atoms with Crippen LogP contribution in [0.4, 0.5) is 10.5 Å². The van der Waals surface area contributed by atoms with Gasteiger partial charge in [0.1, 0.15) is 0 Å². The van der Waals surface area contributed by atoms with E-state index in [1.54, 1.807) is 12.1 Å². The Balaban J connectivity index is 2.07. The van der Waals surface area contributed by atoms with Gasteiger partial charge in [0.15, 0.2) is 0 Å². The molecule has 0 aliphatic heterocycles. The summed E-state index contributed by atoms with van der Waals surface area (Å²) in [5.41, 5.74) is 7.62. The fraction of sp³-hybridized carbons (Fsp3) is 0.235. The fourth-order valence-electron chi connectivity index (χ4n) is 2.28. The fourth-order valence-corrected chi connectivity index (χ4v) is 2.28. The van der Waals surface area contributed by atoms with E-state index in [4.69, 9.17) is 10.5 Å². The number of methoxy groups -OCH3 is 1. The summed E-state index contributed by atoms with van der Waals surface area (Å²) < 4.78 is 4.97. The van der Waals surface area contributed by atoms with Gasteiger partial charge in [-0.1, -0.05) is 29.8 Å². The lowest BCUT2D eigenvalue weighted by Gasteiger charge is -2.18. The molecule has 0 bridgehead atoms. The van der Waals surface area contributed by atoms with Gasteiger partial charge in [-0.3, -0.25) is 4.79 Å². The molecule has 0 radical (unpaired) electrons. The summed E-state index contributed by atoms with van der Waals surface area (Å²) in [5, 5.41) is 5.33. The number of aryl methyl sites for hydroxylation is 1. The third-order valence-corrected chi connectivity index (χ3v) is 3.38. The average molecular weight is 328 g/mol. The van der Waals surface area contributed by atoms with E-state index in [0.29, 0.717) is 11.6 Å². The van der Waals surface area contributed by atoms with Crippen LogP contribution in [0.1, 0.15) is 23.6 Å². The normalized spacial score (nSPS) is 11.4. The Bertz CT molecular complexity index is 716. The van der Waals surface area contributed by atoms with Gasteiger partial charge in [0, 0.05) is 6.07 Å². The van der Waals surface area contributed by atoms with Gasteiger partial charge in [-0.05, 0) is 18.6 Å². The van der Waals surface area contributed by atoms with Gasteiger partial charge in [0.2, 0.25) is 11.8 Å². The van der Waals surface area contributed by atoms with E-state index < -0.39 is 12.1 Å². The minimum absolute atomic E-state index is 0.0540. The quantitative estimate of drug-likeness (QED) is 0.755. The first-order valence-corrected chi connectivity index (χ1v) is 7.40. The number of aromatic nitrogens is 1. The lowest BCUT2D eigenvalue weighted by Crippen LogP contribution is -2.35. The highest BCUT2D eigenvalue weighted by atomic mass is 16.5. The molecular weight excluding hydrogens is 308 g/mol. The molecule has 0 saturated heterocycles. The van der Waals surface area contributed by atoms with Crippen molar-refractivity contribution in [2.24, 2.45) is 5.73 Å². The number of pyridine rings is 1. The van der Waals surface area contributed by atoms with Crippen LogP contribution in [0.15, 0.2) is 42.6 Å². The summed E-state index contributed by atoms with van der Waals surface area (Å²) in [6.07, 6.45) is 1.55. The number of nitrogens with zero attached hydrogens (tertiary/aromatic N) is 1. The van der Waals surface area contributed by atoms with Crippen molar-refractivity contribution in [3.63, 3.8) is 0 Å². The van der Waals surface area contributed by atoms with E-state index in [1.807, 2.05) is 31.2 Å². The Morgan fingerprint density at radius 1 is 1.29 bits per heavy atom. The maximum absolute atomic E-state index is 12.3. The van der Waals surface area contributed by atoms with Crippen molar-refractivity contribution in [2.75, 3.05) is 12.4 Å². The van der Waals surface area contributed by atoms with E-state index in [-0.39, 0.29) is 12.3 Å². The molecule has 2 aromatic rings. The molecule has 24 heavy (non-hydrogen) atoms. The molecule has 2 rings (SSSR count). The number of carbonyl (C=O) groups excluding carboxylic acids is 2. The zero-order valence-electron chi connectivity index (χ0n) is 13.6. The number of nitrogens with one attached hydrogen (secondary N) is 2. The standard InChI is InChI=1S/C17H20N4O3/c1-11-4-3-5-12(8-11)14(21-17(18)23)9-15(22)20-13-6-7-16(24-2)19-10-13/h3-8,10,14H,9H2,1-2H3,(H,20,22)(H3,18,21,23)/t14-/m1/s1. The number of primary amides is 1. The van der Waals surface area contributed by atoms with E-state index in [1.165, 1.54) is 13.3 Å². The summed E-state index contributed by atoms with van der Waals surface area (Å²) >= 11 is 0. The van der Waals surface area contributed by atoms with E-state index in [2.05, 4.69) is 15.6 Å². The molecule has 0 saturated carbocycles. The monoisotopic (exact) mass is 328 g/mol. The lowest BCUT2D eigenvalue weighted by molar-refractivity contribution is -0.116. The topological polar surface area (TPSA) is 106 Å². The number of hydrogen-bond acceptors (Lipinski definition) is 4. The van der Waals surface area contributed by atoms with Gasteiger partial charge < -0.3 is 21.1 Å². The number of amides is 3. The van der Waals surface area contributed by atoms with Crippen molar-refractivity contribution in [3.05, 3.63) is 53.7 Å². The van der Waals surface area contributed by atoms with Crippen LogP contribution in [-0.2, 0) is 4.79 Å². The summed E-state index contributed by atoms with van der Waals surface area (Å²) in [6.45, 7) is 1.94. The van der Waals surface area contributed by atoms with Crippen LogP contribution in [0.3, 0.4) is 0 Å². The highest BCUT2D eigenvalue weighted by molar-refractivity contribution is 5.91. The number of carbonyl (C=O) groups is 2. The first-order valence-electron chi connectivity index (χ1n) is 7.40. The van der Waals surface area contributed by atoms with Crippen molar-refractivity contribution in [1.82, 2.24) is 10.3 Å². The third-order valence-electron chi connectivity index (χ3n) is 3.38. The molecular formula is C17H20N4O3. The van der Waals surface area contributed by atoms with Gasteiger partial charge in [-0.2, -0.15) is 0 Å². The molecule has 1 heterocycles. The Kier molecular flexibility index (Phi) is 5.73. The van der Waals surface area contributed by atoms with Gasteiger partial charge in [-0.15, -0.1) is 0 Å². The lowest BCUT2D eigenvalue weighted by atomic mass is 10.0. The highest BCUT2D eigenvalue weighted by Crippen LogP contribution is 2.19. The van der Waals surface area contributed by atoms with E-state index in [0.717, 1.165) is 11.1 Å². The molecule has 1 aromatic carbocycles. The highest BCUT2D eigenvalue weighted by Gasteiger charge is 2.18. The molecule has 0 spiro atoms. The van der Waals surface area contributed by atoms with Crippen LogP contribution in [0.5, 0.6) is 5.88 Å². The molecule has 1 atom stereocenters. The van der Waals surface area contributed by atoms with Crippen molar-refractivity contribution in [2.45, 2.75) is 19.4 Å². The molecule has 3 amide bonds. The number of rotatable bonds is 6.